The Balaban J connectivity index is 2.04. The molecule has 1 fully saturated rings. The minimum atomic E-state index is -3.48. The smallest absolute Gasteiger partial charge is 0.330 e. The standard InChI is InChI=1S/C16H21NO5S/c1-2-11-22-16(18)8-5-14-3-6-15(7-4-14)23(19,20)17-9-12-21-13-10-17/h3-8H,2,9-13H2,1H3/b8-5+. The highest BCUT2D eigenvalue weighted by Gasteiger charge is 2.25. The van der Waals surface area contributed by atoms with Crippen LogP contribution in [0, 0.1) is 0 Å². The molecule has 0 bridgehead atoms. The molecule has 1 aromatic rings. The second-order valence-corrected chi connectivity index (χ2v) is 7.02. The van der Waals surface area contributed by atoms with Gasteiger partial charge in [-0.05, 0) is 30.2 Å². The highest BCUT2D eigenvalue weighted by Crippen LogP contribution is 2.18. The first kappa shape index (κ1) is 17.7. The van der Waals surface area contributed by atoms with Crippen LogP contribution in [-0.4, -0.2) is 51.6 Å². The zero-order valence-corrected chi connectivity index (χ0v) is 13.9. The zero-order chi connectivity index (χ0) is 16.7. The monoisotopic (exact) mass is 339 g/mol. The number of rotatable bonds is 6. The molecule has 0 radical (unpaired) electrons. The molecule has 0 aromatic heterocycles. The predicted molar refractivity (Wildman–Crippen MR) is 86.3 cm³/mol. The first-order chi connectivity index (χ1) is 11.0. The number of esters is 1. The highest BCUT2D eigenvalue weighted by atomic mass is 32.2. The van der Waals surface area contributed by atoms with Gasteiger partial charge in [0.2, 0.25) is 10.0 Å². The molecule has 0 amide bonds. The fraction of sp³-hybridized carbons (Fsp3) is 0.438. The van der Waals surface area contributed by atoms with Gasteiger partial charge >= 0.3 is 5.97 Å². The summed E-state index contributed by atoms with van der Waals surface area (Å²) in [6.45, 7) is 3.88. The van der Waals surface area contributed by atoms with Gasteiger partial charge in [-0.25, -0.2) is 13.2 Å². The molecule has 0 atom stereocenters. The number of nitrogens with zero attached hydrogens (tertiary/aromatic N) is 1. The number of ether oxygens (including phenoxy) is 2. The molecule has 126 valence electrons. The van der Waals surface area contributed by atoms with Crippen molar-refractivity contribution < 1.29 is 22.7 Å². The Morgan fingerprint density at radius 2 is 1.91 bits per heavy atom. The fourth-order valence-corrected chi connectivity index (χ4v) is 3.51. The van der Waals surface area contributed by atoms with Crippen LogP contribution in [0.5, 0.6) is 0 Å². The Morgan fingerprint density at radius 3 is 2.52 bits per heavy atom. The minimum Gasteiger partial charge on any atom is -0.463 e. The van der Waals surface area contributed by atoms with Gasteiger partial charge in [-0.1, -0.05) is 19.1 Å². The van der Waals surface area contributed by atoms with Crippen molar-refractivity contribution in [3.63, 3.8) is 0 Å². The van der Waals surface area contributed by atoms with E-state index in [4.69, 9.17) is 9.47 Å². The lowest BCUT2D eigenvalue weighted by molar-refractivity contribution is -0.137. The molecule has 7 heteroatoms. The van der Waals surface area contributed by atoms with Crippen LogP contribution >= 0.6 is 0 Å². The van der Waals surface area contributed by atoms with E-state index in [-0.39, 0.29) is 4.90 Å². The van der Waals surface area contributed by atoms with Crippen LogP contribution in [0.25, 0.3) is 6.08 Å². The van der Waals surface area contributed by atoms with Crippen LogP contribution in [0.15, 0.2) is 35.2 Å². The third-order valence-corrected chi connectivity index (χ3v) is 5.26. The molecular weight excluding hydrogens is 318 g/mol. The van der Waals surface area contributed by atoms with Crippen LogP contribution in [0.2, 0.25) is 0 Å². The lowest BCUT2D eigenvalue weighted by atomic mass is 10.2. The largest absolute Gasteiger partial charge is 0.463 e. The molecule has 0 aliphatic carbocycles. The summed E-state index contributed by atoms with van der Waals surface area (Å²) in [6, 6.07) is 6.41. The van der Waals surface area contributed by atoms with Gasteiger partial charge in [0, 0.05) is 19.2 Å². The summed E-state index contributed by atoms with van der Waals surface area (Å²) in [7, 11) is -3.48. The van der Waals surface area contributed by atoms with E-state index in [1.54, 1.807) is 30.3 Å². The first-order valence-electron chi connectivity index (χ1n) is 7.57. The predicted octanol–water partition coefficient (Wildman–Crippen LogP) is 1.67. The first-order valence-corrected chi connectivity index (χ1v) is 9.01. The molecule has 1 heterocycles. The third kappa shape index (κ3) is 4.89. The maximum Gasteiger partial charge on any atom is 0.330 e. The number of sulfonamides is 1. The molecule has 1 aliphatic rings. The van der Waals surface area contributed by atoms with Crippen LogP contribution in [0.4, 0.5) is 0 Å². The van der Waals surface area contributed by atoms with Crippen molar-refractivity contribution in [1.82, 2.24) is 4.31 Å². The number of benzene rings is 1. The second kappa shape index (κ2) is 8.24. The van der Waals surface area contributed by atoms with E-state index in [1.807, 2.05) is 6.92 Å². The van der Waals surface area contributed by atoms with Crippen molar-refractivity contribution in [1.29, 1.82) is 0 Å². The van der Waals surface area contributed by atoms with Crippen molar-refractivity contribution in [3.8, 4) is 0 Å². The molecule has 2 rings (SSSR count). The van der Waals surface area contributed by atoms with Crippen LogP contribution in [0.3, 0.4) is 0 Å². The van der Waals surface area contributed by atoms with Gasteiger partial charge in [-0.2, -0.15) is 4.31 Å². The Labute approximate surface area is 136 Å². The van der Waals surface area contributed by atoms with Crippen molar-refractivity contribution in [2.45, 2.75) is 18.2 Å². The van der Waals surface area contributed by atoms with Crippen LogP contribution in [0.1, 0.15) is 18.9 Å². The van der Waals surface area contributed by atoms with Crippen molar-refractivity contribution in [2.75, 3.05) is 32.9 Å². The van der Waals surface area contributed by atoms with E-state index in [0.717, 1.165) is 12.0 Å². The SMILES string of the molecule is CCCOC(=O)/C=C/c1ccc(S(=O)(=O)N2CCOCC2)cc1. The zero-order valence-electron chi connectivity index (χ0n) is 13.1. The molecule has 1 saturated heterocycles. The third-order valence-electron chi connectivity index (χ3n) is 3.35. The average Bonchev–Trinajstić information content (AvgIpc) is 2.59. The fourth-order valence-electron chi connectivity index (χ4n) is 2.10. The molecule has 1 aromatic carbocycles. The molecular formula is C16H21NO5S. The summed E-state index contributed by atoms with van der Waals surface area (Å²) in [5, 5.41) is 0. The van der Waals surface area contributed by atoms with Crippen LogP contribution < -0.4 is 0 Å². The number of carbonyl (C=O) groups excluding carboxylic acids is 1. The van der Waals surface area contributed by atoms with Gasteiger partial charge in [0.15, 0.2) is 0 Å². The normalized spacial score (nSPS) is 16.6. The van der Waals surface area contributed by atoms with E-state index < -0.39 is 16.0 Å². The summed E-state index contributed by atoms with van der Waals surface area (Å²) >= 11 is 0. The van der Waals surface area contributed by atoms with Gasteiger partial charge in [0.05, 0.1) is 24.7 Å². The van der Waals surface area contributed by atoms with E-state index in [9.17, 15) is 13.2 Å². The van der Waals surface area contributed by atoms with E-state index >= 15 is 0 Å². The molecule has 1 aliphatic heterocycles. The molecule has 0 saturated carbocycles. The highest BCUT2D eigenvalue weighted by molar-refractivity contribution is 7.89. The topological polar surface area (TPSA) is 72.9 Å². The molecule has 0 N–H and O–H groups in total. The Kier molecular flexibility index (Phi) is 6.32. The molecule has 0 unspecified atom stereocenters. The van der Waals surface area contributed by atoms with Crippen molar-refractivity contribution >= 4 is 22.1 Å². The van der Waals surface area contributed by atoms with Gasteiger partial charge < -0.3 is 9.47 Å². The van der Waals surface area contributed by atoms with Gasteiger partial charge in [0.25, 0.3) is 0 Å². The van der Waals surface area contributed by atoms with Gasteiger partial charge in [-0.15, -0.1) is 0 Å². The number of hydrogen-bond donors (Lipinski definition) is 0. The summed E-state index contributed by atoms with van der Waals surface area (Å²) in [5.41, 5.74) is 0.736. The summed E-state index contributed by atoms with van der Waals surface area (Å²) in [4.78, 5) is 11.6. The maximum atomic E-state index is 12.5. The van der Waals surface area contributed by atoms with E-state index in [1.165, 1.54) is 10.4 Å². The average molecular weight is 339 g/mol. The van der Waals surface area contributed by atoms with E-state index in [0.29, 0.717) is 32.9 Å². The van der Waals surface area contributed by atoms with Gasteiger partial charge in [-0.3, -0.25) is 0 Å². The van der Waals surface area contributed by atoms with Crippen molar-refractivity contribution in [2.24, 2.45) is 0 Å². The number of morpholine rings is 1. The second-order valence-electron chi connectivity index (χ2n) is 5.09. The minimum absolute atomic E-state index is 0.241. The number of carbonyl (C=O) groups is 1. The quantitative estimate of drug-likeness (QED) is 0.582. The Morgan fingerprint density at radius 1 is 1.26 bits per heavy atom. The lowest BCUT2D eigenvalue weighted by Crippen LogP contribution is -2.40. The summed E-state index contributed by atoms with van der Waals surface area (Å²) < 4.78 is 36.4. The van der Waals surface area contributed by atoms with Gasteiger partial charge in [0.1, 0.15) is 0 Å². The van der Waals surface area contributed by atoms with E-state index in [2.05, 4.69) is 0 Å². The molecule has 6 nitrogen and oxygen atoms in total. The summed E-state index contributed by atoms with van der Waals surface area (Å²) in [5.74, 6) is -0.406. The maximum absolute atomic E-state index is 12.5. The van der Waals surface area contributed by atoms with Crippen molar-refractivity contribution in [3.05, 3.63) is 35.9 Å². The Bertz CT molecular complexity index is 646. The Hall–Kier alpha value is -1.70. The summed E-state index contributed by atoms with van der Waals surface area (Å²) in [6.07, 6.45) is 3.71. The lowest BCUT2D eigenvalue weighted by Gasteiger charge is -2.26. The molecule has 0 spiro atoms. The molecule has 23 heavy (non-hydrogen) atoms. The van der Waals surface area contributed by atoms with Crippen LogP contribution in [-0.2, 0) is 24.3 Å². The number of hydrogen-bond acceptors (Lipinski definition) is 5.